The summed E-state index contributed by atoms with van der Waals surface area (Å²) in [6, 6.07) is 0. The number of rotatable bonds is 7. The van der Waals surface area contributed by atoms with Gasteiger partial charge in [-0.05, 0) is 25.4 Å². The molecule has 0 N–H and O–H groups in total. The second-order valence-electron chi connectivity index (χ2n) is 4.90. The average Bonchev–Trinajstić information content (AvgIpc) is 2.95. The molecule has 0 saturated carbocycles. The minimum absolute atomic E-state index is 0.335. The Morgan fingerprint density at radius 3 is 3.21 bits per heavy atom. The van der Waals surface area contributed by atoms with Gasteiger partial charge in [-0.15, -0.1) is 4.37 Å². The van der Waals surface area contributed by atoms with E-state index in [0.717, 1.165) is 37.2 Å². The first-order valence-corrected chi connectivity index (χ1v) is 7.74. The second kappa shape index (κ2) is 7.60. The molecule has 5 heteroatoms. The monoisotopic (exact) mass is 282 g/mol. The number of hydrogen-bond acceptors (Lipinski definition) is 5. The largest absolute Gasteiger partial charge is 0.475 e. The molecule has 0 bridgehead atoms. The summed E-state index contributed by atoms with van der Waals surface area (Å²) < 4.78 is 21.9. The van der Waals surface area contributed by atoms with Crippen LogP contribution in [-0.2, 0) is 0 Å². The molecular weight excluding hydrogens is 258 g/mol. The predicted molar refractivity (Wildman–Crippen MR) is 79.6 cm³/mol. The lowest BCUT2D eigenvalue weighted by atomic mass is 10.1. The fourth-order valence-electron chi connectivity index (χ4n) is 2.15. The van der Waals surface area contributed by atoms with Crippen molar-refractivity contribution in [2.24, 2.45) is 0 Å². The summed E-state index contributed by atoms with van der Waals surface area (Å²) in [5.74, 6) is 0.671. The van der Waals surface area contributed by atoms with Gasteiger partial charge in [-0.2, -0.15) is 4.37 Å². The zero-order valence-electron chi connectivity index (χ0n) is 12.6. The first kappa shape index (κ1) is 13.1. The van der Waals surface area contributed by atoms with Crippen molar-refractivity contribution in [3.8, 4) is 5.88 Å². The van der Waals surface area contributed by atoms with Gasteiger partial charge in [0.25, 0.3) is 5.88 Å². The minimum Gasteiger partial charge on any atom is -0.475 e. The van der Waals surface area contributed by atoms with Gasteiger partial charge in [0.1, 0.15) is 5.69 Å². The van der Waals surface area contributed by atoms with Crippen molar-refractivity contribution < 1.29 is 6.11 Å². The molecule has 2 heterocycles. The summed E-state index contributed by atoms with van der Waals surface area (Å²) in [4.78, 5) is 2.10. The maximum Gasteiger partial charge on any atom is 0.253 e. The first-order valence-electron chi connectivity index (χ1n) is 7.72. The Balaban J connectivity index is 1.89. The van der Waals surface area contributed by atoms with E-state index in [9.17, 15) is 0 Å². The molecule has 106 valence electrons. The molecule has 2 rings (SSSR count). The van der Waals surface area contributed by atoms with Crippen LogP contribution in [0.3, 0.4) is 0 Å². The fraction of sp³-hybridized carbons (Fsp3) is 0.714. The lowest BCUT2D eigenvalue weighted by molar-refractivity contribution is 0.294. The molecule has 1 aliphatic rings. The van der Waals surface area contributed by atoms with Crippen LogP contribution in [0.25, 0.3) is 5.57 Å². The number of unbranched alkanes of at least 4 members (excludes halogenated alkanes) is 3. The van der Waals surface area contributed by atoms with Gasteiger partial charge >= 0.3 is 0 Å². The van der Waals surface area contributed by atoms with E-state index in [4.69, 9.17) is 6.11 Å². The highest BCUT2D eigenvalue weighted by Gasteiger charge is 2.18. The SMILES string of the molecule is [2H]CN1CCC=C(c2nsnc2OCCCCCC)C1. The van der Waals surface area contributed by atoms with Crippen LogP contribution in [0.5, 0.6) is 5.88 Å². The van der Waals surface area contributed by atoms with Gasteiger partial charge in [0, 0.05) is 14.5 Å². The molecule has 0 radical (unpaired) electrons. The Bertz CT molecular complexity index is 436. The van der Waals surface area contributed by atoms with Crippen molar-refractivity contribution in [3.63, 3.8) is 0 Å². The summed E-state index contributed by atoms with van der Waals surface area (Å²) in [6.07, 6.45) is 7.95. The Morgan fingerprint density at radius 2 is 2.37 bits per heavy atom. The molecule has 19 heavy (non-hydrogen) atoms. The van der Waals surface area contributed by atoms with E-state index in [2.05, 4.69) is 26.6 Å². The summed E-state index contributed by atoms with van der Waals surface area (Å²) in [7, 11) is 0.335. The van der Waals surface area contributed by atoms with Crippen LogP contribution in [0, 0.1) is 0 Å². The van der Waals surface area contributed by atoms with Crippen molar-refractivity contribution in [2.45, 2.75) is 39.0 Å². The summed E-state index contributed by atoms with van der Waals surface area (Å²) >= 11 is 1.21. The van der Waals surface area contributed by atoms with Crippen LogP contribution in [0.15, 0.2) is 6.08 Å². The van der Waals surface area contributed by atoms with Gasteiger partial charge in [0.2, 0.25) is 0 Å². The number of likely N-dealkylation sites (N-methyl/N-ethyl adjacent to an activating group) is 1. The molecule has 4 nitrogen and oxygen atoms in total. The molecule has 0 unspecified atom stereocenters. The zero-order chi connectivity index (χ0) is 14.2. The maximum atomic E-state index is 7.48. The lowest BCUT2D eigenvalue weighted by Crippen LogP contribution is -2.25. The summed E-state index contributed by atoms with van der Waals surface area (Å²) in [5.41, 5.74) is 2.03. The van der Waals surface area contributed by atoms with E-state index in [-0.39, 0.29) is 0 Å². The topological polar surface area (TPSA) is 38.2 Å². The highest BCUT2D eigenvalue weighted by atomic mass is 32.1. The Labute approximate surface area is 121 Å². The van der Waals surface area contributed by atoms with Crippen molar-refractivity contribution >= 4 is 17.3 Å². The molecule has 0 aromatic carbocycles. The third-order valence-corrected chi connectivity index (χ3v) is 3.74. The Kier molecular flexibility index (Phi) is 5.23. The lowest BCUT2D eigenvalue weighted by Gasteiger charge is -2.22. The summed E-state index contributed by atoms with van der Waals surface area (Å²) in [6.45, 7) is 4.66. The third-order valence-electron chi connectivity index (χ3n) is 3.23. The first-order chi connectivity index (χ1) is 9.85. The fourth-order valence-corrected chi connectivity index (χ4v) is 2.68. The van der Waals surface area contributed by atoms with Gasteiger partial charge in [-0.1, -0.05) is 32.3 Å². The van der Waals surface area contributed by atoms with Gasteiger partial charge in [-0.25, -0.2) is 0 Å². The summed E-state index contributed by atoms with van der Waals surface area (Å²) in [5, 5.41) is 0. The number of ether oxygens (including phenoxy) is 1. The number of nitrogens with zero attached hydrogens (tertiary/aromatic N) is 3. The molecule has 0 amide bonds. The smallest absolute Gasteiger partial charge is 0.253 e. The zero-order valence-corrected chi connectivity index (χ0v) is 12.4. The second-order valence-corrected chi connectivity index (χ2v) is 5.43. The number of aromatic nitrogens is 2. The molecule has 0 saturated heterocycles. The van der Waals surface area contributed by atoms with Gasteiger partial charge in [0.15, 0.2) is 0 Å². The van der Waals surface area contributed by atoms with E-state index < -0.39 is 0 Å². The van der Waals surface area contributed by atoms with E-state index >= 15 is 0 Å². The molecule has 0 spiro atoms. The van der Waals surface area contributed by atoms with Crippen LogP contribution in [0.2, 0.25) is 0 Å². The minimum atomic E-state index is 0.335. The molecule has 0 atom stereocenters. The van der Waals surface area contributed by atoms with Crippen molar-refractivity contribution in [2.75, 3.05) is 26.7 Å². The molecule has 1 aromatic heterocycles. The predicted octanol–water partition coefficient (Wildman–Crippen LogP) is 3.22. The Morgan fingerprint density at radius 1 is 1.42 bits per heavy atom. The van der Waals surface area contributed by atoms with Gasteiger partial charge < -0.3 is 9.64 Å². The van der Waals surface area contributed by atoms with Crippen molar-refractivity contribution in [1.82, 2.24) is 13.6 Å². The van der Waals surface area contributed by atoms with E-state index in [1.165, 1.54) is 31.0 Å². The van der Waals surface area contributed by atoms with Crippen molar-refractivity contribution in [3.05, 3.63) is 11.8 Å². The van der Waals surface area contributed by atoms with E-state index in [1.807, 2.05) is 0 Å². The molecule has 0 aliphatic carbocycles. The van der Waals surface area contributed by atoms with Crippen LogP contribution >= 0.6 is 11.7 Å². The third kappa shape index (κ3) is 4.28. The molecule has 0 fully saturated rings. The average molecular weight is 282 g/mol. The molecular formula is C14H23N3OS. The van der Waals surface area contributed by atoms with E-state index in [0.29, 0.717) is 19.5 Å². The Hall–Kier alpha value is -0.940. The highest BCUT2D eigenvalue weighted by molar-refractivity contribution is 6.99. The number of hydrogen-bond donors (Lipinski definition) is 0. The van der Waals surface area contributed by atoms with Crippen LogP contribution in [-0.4, -0.2) is 40.4 Å². The normalized spacial score (nSPS) is 17.1. The van der Waals surface area contributed by atoms with Gasteiger partial charge in [0.05, 0.1) is 18.3 Å². The van der Waals surface area contributed by atoms with Crippen LogP contribution < -0.4 is 4.74 Å². The van der Waals surface area contributed by atoms with Gasteiger partial charge in [-0.3, -0.25) is 0 Å². The molecule has 1 aromatic rings. The van der Waals surface area contributed by atoms with E-state index in [1.54, 1.807) is 0 Å². The van der Waals surface area contributed by atoms with Crippen molar-refractivity contribution in [1.29, 1.82) is 0 Å². The quantitative estimate of drug-likeness (QED) is 0.720. The standard InChI is InChI=1S/C14H23N3OS/c1-3-4-5-6-10-18-14-13(15-19-16-14)12-8-7-9-17(2)11-12/h8H,3-7,9-11H2,1-2H3/i2D. The van der Waals surface area contributed by atoms with Crippen LogP contribution in [0.1, 0.15) is 46.1 Å². The maximum absolute atomic E-state index is 7.48. The highest BCUT2D eigenvalue weighted by Crippen LogP contribution is 2.27. The molecule has 1 aliphatic heterocycles. The van der Waals surface area contributed by atoms with Crippen LogP contribution in [0.4, 0.5) is 0 Å².